The maximum Gasteiger partial charge on any atom is 0.256 e. The van der Waals surface area contributed by atoms with Crippen molar-refractivity contribution in [3.05, 3.63) is 45.1 Å². The van der Waals surface area contributed by atoms with Crippen molar-refractivity contribution in [1.29, 1.82) is 0 Å². The predicted octanol–water partition coefficient (Wildman–Crippen LogP) is 3.71. The molecule has 3 rings (SSSR count). The van der Waals surface area contributed by atoms with Crippen LogP contribution < -0.4 is 16.0 Å². The summed E-state index contributed by atoms with van der Waals surface area (Å²) < 4.78 is 0. The molecule has 1 aromatic heterocycles. The average molecular weight is 357 g/mol. The predicted molar refractivity (Wildman–Crippen MR) is 103 cm³/mol. The zero-order chi connectivity index (χ0) is 18.0. The topological polar surface area (TPSA) is 75.4 Å². The molecule has 1 aliphatic heterocycles. The van der Waals surface area contributed by atoms with Gasteiger partial charge in [-0.1, -0.05) is 0 Å². The van der Waals surface area contributed by atoms with E-state index in [9.17, 15) is 9.59 Å². The summed E-state index contributed by atoms with van der Waals surface area (Å²) in [6.45, 7) is 5.84. The molecule has 3 N–H and O–H groups in total. The molecule has 1 aliphatic rings. The minimum atomic E-state index is -0.497. The van der Waals surface area contributed by atoms with Gasteiger partial charge in [0.25, 0.3) is 5.91 Å². The Labute approximate surface area is 151 Å². The number of anilines is 2. The monoisotopic (exact) mass is 357 g/mol. The molecule has 0 aliphatic carbocycles. The van der Waals surface area contributed by atoms with Crippen molar-refractivity contribution in [1.82, 2.24) is 0 Å². The Morgan fingerprint density at radius 2 is 1.84 bits per heavy atom. The molecule has 2 amide bonds. The number of aryl methyl sites for hydroxylation is 2. The van der Waals surface area contributed by atoms with Gasteiger partial charge in [0.05, 0.1) is 16.9 Å². The van der Waals surface area contributed by atoms with Crippen molar-refractivity contribution in [3.8, 4) is 0 Å². The normalized spacial score (nSPS) is 14.4. The Morgan fingerprint density at radius 3 is 2.44 bits per heavy atom. The van der Waals surface area contributed by atoms with Crippen LogP contribution in [0.1, 0.15) is 49.7 Å². The number of piperidine rings is 1. The summed E-state index contributed by atoms with van der Waals surface area (Å²) in [5, 5.41) is 2.99. The zero-order valence-corrected chi connectivity index (χ0v) is 15.4. The number of amides is 2. The number of rotatable bonds is 4. The zero-order valence-electron chi connectivity index (χ0n) is 14.6. The number of carbonyl (C=O) groups excluding carboxylic acids is 2. The Morgan fingerprint density at radius 1 is 1.12 bits per heavy atom. The SMILES string of the molecule is Cc1cc(C(=O)Nc2cc(C(N)=O)ccc2N2CCCCC2)c(C)s1. The van der Waals surface area contributed by atoms with Crippen molar-refractivity contribution in [3.63, 3.8) is 0 Å². The van der Waals surface area contributed by atoms with Crippen molar-refractivity contribution < 1.29 is 9.59 Å². The standard InChI is InChI=1S/C19H23N3O2S/c1-12-10-15(13(2)25-12)19(24)21-16-11-14(18(20)23)6-7-17(16)22-8-4-3-5-9-22/h6-7,10-11H,3-5,8-9H2,1-2H3,(H2,20,23)(H,21,24). The first-order chi connectivity index (χ1) is 12.0. The van der Waals surface area contributed by atoms with Crippen molar-refractivity contribution in [2.24, 2.45) is 5.73 Å². The molecule has 1 fully saturated rings. The number of hydrogen-bond donors (Lipinski definition) is 2. The molecule has 0 bridgehead atoms. The molecule has 25 heavy (non-hydrogen) atoms. The lowest BCUT2D eigenvalue weighted by Crippen LogP contribution is -2.30. The van der Waals surface area contributed by atoms with Gasteiger partial charge in [0.1, 0.15) is 0 Å². The van der Waals surface area contributed by atoms with E-state index in [0.717, 1.165) is 41.4 Å². The highest BCUT2D eigenvalue weighted by molar-refractivity contribution is 7.12. The van der Waals surface area contributed by atoms with Crippen molar-refractivity contribution in [2.45, 2.75) is 33.1 Å². The number of nitrogens with two attached hydrogens (primary N) is 1. The van der Waals surface area contributed by atoms with Crippen LogP contribution in [0.25, 0.3) is 0 Å². The second-order valence-corrected chi connectivity index (χ2v) is 7.89. The summed E-state index contributed by atoms with van der Waals surface area (Å²) in [6.07, 6.45) is 3.49. The number of primary amides is 1. The van der Waals surface area contributed by atoms with Gasteiger partial charge in [-0.05, 0) is 57.4 Å². The number of hydrogen-bond acceptors (Lipinski definition) is 4. The van der Waals surface area contributed by atoms with Crippen LogP contribution in [0.15, 0.2) is 24.3 Å². The van der Waals surface area contributed by atoms with Crippen LogP contribution in [0.5, 0.6) is 0 Å². The molecule has 132 valence electrons. The third-order valence-electron chi connectivity index (χ3n) is 4.51. The number of thiophene rings is 1. The second-order valence-electron chi connectivity index (χ2n) is 6.42. The van der Waals surface area contributed by atoms with E-state index in [1.165, 1.54) is 6.42 Å². The highest BCUT2D eigenvalue weighted by Crippen LogP contribution is 2.31. The fraction of sp³-hybridized carbons (Fsp3) is 0.368. The molecule has 2 heterocycles. The maximum absolute atomic E-state index is 12.7. The lowest BCUT2D eigenvalue weighted by molar-refractivity contribution is 0.0996. The molecular weight excluding hydrogens is 334 g/mol. The number of carbonyl (C=O) groups is 2. The first-order valence-electron chi connectivity index (χ1n) is 8.53. The fourth-order valence-electron chi connectivity index (χ4n) is 3.25. The smallest absolute Gasteiger partial charge is 0.256 e. The second kappa shape index (κ2) is 7.27. The minimum absolute atomic E-state index is 0.151. The fourth-order valence-corrected chi connectivity index (χ4v) is 4.17. The minimum Gasteiger partial charge on any atom is -0.370 e. The first-order valence-corrected chi connectivity index (χ1v) is 9.34. The van der Waals surface area contributed by atoms with Gasteiger partial charge in [0.15, 0.2) is 0 Å². The number of nitrogens with one attached hydrogen (secondary N) is 1. The molecule has 0 spiro atoms. The number of nitrogens with zero attached hydrogens (tertiary/aromatic N) is 1. The Bertz CT molecular complexity index is 807. The van der Waals surface area contributed by atoms with Gasteiger partial charge >= 0.3 is 0 Å². The van der Waals surface area contributed by atoms with E-state index >= 15 is 0 Å². The van der Waals surface area contributed by atoms with E-state index in [2.05, 4.69) is 10.2 Å². The van der Waals surface area contributed by atoms with E-state index < -0.39 is 5.91 Å². The molecule has 0 atom stereocenters. The third-order valence-corrected chi connectivity index (χ3v) is 5.48. The van der Waals surface area contributed by atoms with Gasteiger partial charge in [0.2, 0.25) is 5.91 Å². The van der Waals surface area contributed by atoms with Gasteiger partial charge in [-0.2, -0.15) is 0 Å². The molecule has 6 heteroatoms. The lowest BCUT2D eigenvalue weighted by Gasteiger charge is -2.30. The molecule has 0 radical (unpaired) electrons. The van der Waals surface area contributed by atoms with Gasteiger partial charge in [-0.25, -0.2) is 0 Å². The van der Waals surface area contributed by atoms with E-state index in [0.29, 0.717) is 16.8 Å². The van der Waals surface area contributed by atoms with Crippen LogP contribution in [0.2, 0.25) is 0 Å². The summed E-state index contributed by atoms with van der Waals surface area (Å²) in [7, 11) is 0. The summed E-state index contributed by atoms with van der Waals surface area (Å²) in [4.78, 5) is 28.6. The first kappa shape index (κ1) is 17.5. The summed E-state index contributed by atoms with van der Waals surface area (Å²) in [6, 6.07) is 7.18. The van der Waals surface area contributed by atoms with Gasteiger partial charge < -0.3 is 16.0 Å². The molecular formula is C19H23N3O2S. The van der Waals surface area contributed by atoms with Gasteiger partial charge in [-0.15, -0.1) is 11.3 Å². The number of benzene rings is 1. The molecule has 1 aromatic carbocycles. The van der Waals surface area contributed by atoms with E-state index in [1.807, 2.05) is 26.0 Å². The third kappa shape index (κ3) is 3.85. The van der Waals surface area contributed by atoms with E-state index in [4.69, 9.17) is 5.73 Å². The Hall–Kier alpha value is -2.34. The largest absolute Gasteiger partial charge is 0.370 e. The molecule has 5 nitrogen and oxygen atoms in total. The van der Waals surface area contributed by atoms with Crippen LogP contribution in [0.4, 0.5) is 11.4 Å². The van der Waals surface area contributed by atoms with Crippen LogP contribution in [0, 0.1) is 13.8 Å². The summed E-state index contributed by atoms with van der Waals surface area (Å²) >= 11 is 1.60. The van der Waals surface area contributed by atoms with Crippen molar-refractivity contribution in [2.75, 3.05) is 23.3 Å². The quantitative estimate of drug-likeness (QED) is 0.876. The van der Waals surface area contributed by atoms with Crippen LogP contribution in [0.3, 0.4) is 0 Å². The molecule has 2 aromatic rings. The Balaban J connectivity index is 1.94. The highest BCUT2D eigenvalue weighted by atomic mass is 32.1. The highest BCUT2D eigenvalue weighted by Gasteiger charge is 2.19. The van der Waals surface area contributed by atoms with Crippen LogP contribution >= 0.6 is 11.3 Å². The van der Waals surface area contributed by atoms with Crippen LogP contribution in [-0.4, -0.2) is 24.9 Å². The summed E-state index contributed by atoms with van der Waals surface area (Å²) in [5.74, 6) is -0.648. The average Bonchev–Trinajstić information content (AvgIpc) is 2.94. The van der Waals surface area contributed by atoms with E-state index in [1.54, 1.807) is 23.5 Å². The molecule has 0 saturated carbocycles. The Kier molecular flexibility index (Phi) is 5.08. The van der Waals surface area contributed by atoms with Gasteiger partial charge in [0, 0.05) is 28.4 Å². The van der Waals surface area contributed by atoms with Gasteiger partial charge in [-0.3, -0.25) is 9.59 Å². The van der Waals surface area contributed by atoms with Crippen molar-refractivity contribution >= 4 is 34.5 Å². The van der Waals surface area contributed by atoms with Crippen LogP contribution in [-0.2, 0) is 0 Å². The molecule has 0 unspecified atom stereocenters. The van der Waals surface area contributed by atoms with E-state index in [-0.39, 0.29) is 5.91 Å². The molecule has 1 saturated heterocycles. The maximum atomic E-state index is 12.7. The summed E-state index contributed by atoms with van der Waals surface area (Å²) in [5.41, 5.74) is 8.08. The lowest BCUT2D eigenvalue weighted by atomic mass is 10.1.